The molecule has 2 aromatic carbocycles. The van der Waals surface area contributed by atoms with E-state index in [0.29, 0.717) is 24.3 Å². The Balaban J connectivity index is 1.58. The first kappa shape index (κ1) is 21.3. The third kappa shape index (κ3) is 5.81. The number of rotatable bonds is 4. The Kier molecular flexibility index (Phi) is 6.60. The minimum absolute atomic E-state index is 0.000682. The van der Waals surface area contributed by atoms with Crippen molar-refractivity contribution in [2.75, 3.05) is 31.5 Å². The fraction of sp³-hybridized carbons (Fsp3) is 0.391. The first-order valence-corrected chi connectivity index (χ1v) is 10.3. The highest BCUT2D eigenvalue weighted by Gasteiger charge is 2.24. The van der Waals surface area contributed by atoms with E-state index in [1.165, 1.54) is 5.56 Å². The van der Waals surface area contributed by atoms with E-state index in [9.17, 15) is 9.59 Å². The minimum Gasteiger partial charge on any atom is -0.336 e. The summed E-state index contributed by atoms with van der Waals surface area (Å²) >= 11 is 6.07. The molecule has 5 nitrogen and oxygen atoms in total. The summed E-state index contributed by atoms with van der Waals surface area (Å²) in [5.41, 5.74) is 1.94. The Hall–Kier alpha value is -2.37. The molecule has 6 heteroatoms. The summed E-state index contributed by atoms with van der Waals surface area (Å²) in [6, 6.07) is 15.1. The molecule has 3 rings (SSSR count). The van der Waals surface area contributed by atoms with Crippen molar-refractivity contribution < 1.29 is 9.59 Å². The van der Waals surface area contributed by atoms with E-state index in [1.54, 1.807) is 18.2 Å². The van der Waals surface area contributed by atoms with Crippen molar-refractivity contribution in [3.05, 3.63) is 64.7 Å². The summed E-state index contributed by atoms with van der Waals surface area (Å²) < 4.78 is 0. The maximum atomic E-state index is 12.9. The van der Waals surface area contributed by atoms with Gasteiger partial charge >= 0.3 is 0 Å². The number of nitrogens with one attached hydrogen (secondary N) is 1. The molecule has 154 valence electrons. The molecular formula is C23H28ClN3O2. The second-order valence-electron chi connectivity index (χ2n) is 8.48. The number of hydrogen-bond acceptors (Lipinski definition) is 3. The molecule has 0 spiro atoms. The summed E-state index contributed by atoms with van der Waals surface area (Å²) in [5.74, 6) is -0.0732. The first-order valence-electron chi connectivity index (χ1n) is 9.90. The van der Waals surface area contributed by atoms with E-state index in [-0.39, 0.29) is 11.8 Å². The summed E-state index contributed by atoms with van der Waals surface area (Å²) in [7, 11) is 0. The van der Waals surface area contributed by atoms with Crippen molar-refractivity contribution in [1.29, 1.82) is 0 Å². The fourth-order valence-electron chi connectivity index (χ4n) is 3.23. The van der Waals surface area contributed by atoms with Crippen LogP contribution in [0, 0.1) is 5.41 Å². The van der Waals surface area contributed by atoms with Gasteiger partial charge in [0.25, 0.3) is 5.91 Å². The van der Waals surface area contributed by atoms with Gasteiger partial charge in [0.2, 0.25) is 5.91 Å². The van der Waals surface area contributed by atoms with Gasteiger partial charge in [-0.15, -0.1) is 0 Å². The second kappa shape index (κ2) is 8.97. The molecule has 1 saturated heterocycles. The number of carbonyl (C=O) groups excluding carboxylic acids is 2. The smallest absolute Gasteiger partial charge is 0.254 e. The van der Waals surface area contributed by atoms with Gasteiger partial charge in [-0.05, 0) is 35.9 Å². The summed E-state index contributed by atoms with van der Waals surface area (Å²) in [4.78, 5) is 29.3. The number of nitrogens with zero attached hydrogens (tertiary/aromatic N) is 2. The Morgan fingerprint density at radius 2 is 1.69 bits per heavy atom. The second-order valence-corrected chi connectivity index (χ2v) is 8.92. The van der Waals surface area contributed by atoms with E-state index in [0.717, 1.165) is 24.7 Å². The average molecular weight is 414 g/mol. The Morgan fingerprint density at radius 1 is 1.00 bits per heavy atom. The average Bonchev–Trinajstić information content (AvgIpc) is 2.67. The number of anilines is 1. The predicted octanol–water partition coefficient (Wildman–Crippen LogP) is 4.28. The van der Waals surface area contributed by atoms with Gasteiger partial charge in [-0.3, -0.25) is 14.5 Å². The van der Waals surface area contributed by atoms with Crippen LogP contribution in [0.2, 0.25) is 5.02 Å². The first-order chi connectivity index (χ1) is 13.7. The van der Waals surface area contributed by atoms with Gasteiger partial charge < -0.3 is 10.2 Å². The minimum atomic E-state index is -0.487. The van der Waals surface area contributed by atoms with Crippen LogP contribution in [0.25, 0.3) is 0 Å². The van der Waals surface area contributed by atoms with Crippen molar-refractivity contribution >= 4 is 29.1 Å². The standard InChI is InChI=1S/C23H28ClN3O2/c1-23(2,3)22(29)25-20-9-5-7-18(15-20)21(28)27-12-10-26(11-13-27)16-17-6-4-8-19(24)14-17/h4-9,14-15H,10-13,16H2,1-3H3,(H,25,29). The van der Waals surface area contributed by atoms with Crippen molar-refractivity contribution in [1.82, 2.24) is 9.80 Å². The maximum Gasteiger partial charge on any atom is 0.254 e. The zero-order valence-electron chi connectivity index (χ0n) is 17.2. The van der Waals surface area contributed by atoms with Crippen molar-refractivity contribution in [2.45, 2.75) is 27.3 Å². The van der Waals surface area contributed by atoms with Gasteiger partial charge in [-0.25, -0.2) is 0 Å². The van der Waals surface area contributed by atoms with Gasteiger partial charge in [-0.2, -0.15) is 0 Å². The van der Waals surface area contributed by atoms with Gasteiger partial charge in [0.1, 0.15) is 0 Å². The van der Waals surface area contributed by atoms with E-state index < -0.39 is 5.41 Å². The van der Waals surface area contributed by atoms with Crippen LogP contribution in [0.3, 0.4) is 0 Å². The van der Waals surface area contributed by atoms with E-state index >= 15 is 0 Å². The number of halogens is 1. The quantitative estimate of drug-likeness (QED) is 0.813. The lowest BCUT2D eigenvalue weighted by Gasteiger charge is -2.35. The molecular weight excluding hydrogens is 386 g/mol. The molecule has 0 aliphatic carbocycles. The van der Waals surface area contributed by atoms with Crippen molar-refractivity contribution in [3.8, 4) is 0 Å². The number of amides is 2. The Bertz CT molecular complexity index is 884. The molecule has 0 radical (unpaired) electrons. The zero-order chi connectivity index (χ0) is 21.0. The third-order valence-electron chi connectivity index (χ3n) is 5.00. The SMILES string of the molecule is CC(C)(C)C(=O)Nc1cccc(C(=O)N2CCN(Cc3cccc(Cl)c3)CC2)c1. The normalized spacial score (nSPS) is 15.2. The van der Waals surface area contributed by atoms with E-state index in [2.05, 4.69) is 16.3 Å². The highest BCUT2D eigenvalue weighted by molar-refractivity contribution is 6.30. The Labute approximate surface area is 177 Å². The monoisotopic (exact) mass is 413 g/mol. The lowest BCUT2D eigenvalue weighted by molar-refractivity contribution is -0.123. The molecule has 2 aromatic rings. The van der Waals surface area contributed by atoms with Crippen molar-refractivity contribution in [2.24, 2.45) is 5.41 Å². The van der Waals surface area contributed by atoms with Crippen LogP contribution < -0.4 is 5.32 Å². The molecule has 0 bridgehead atoms. The lowest BCUT2D eigenvalue weighted by Crippen LogP contribution is -2.48. The van der Waals surface area contributed by atoms with Gasteiger partial charge in [0, 0.05) is 54.4 Å². The molecule has 0 unspecified atom stereocenters. The number of hydrogen-bond donors (Lipinski definition) is 1. The predicted molar refractivity (Wildman–Crippen MR) is 117 cm³/mol. The molecule has 29 heavy (non-hydrogen) atoms. The van der Waals surface area contributed by atoms with Gasteiger partial charge in [-0.1, -0.05) is 50.6 Å². The van der Waals surface area contributed by atoms with Crippen LogP contribution in [-0.4, -0.2) is 47.8 Å². The summed E-state index contributed by atoms with van der Waals surface area (Å²) in [6.45, 7) is 9.41. The molecule has 0 saturated carbocycles. The maximum absolute atomic E-state index is 12.9. The summed E-state index contributed by atoms with van der Waals surface area (Å²) in [5, 5.41) is 3.64. The van der Waals surface area contributed by atoms with Crippen LogP contribution in [-0.2, 0) is 11.3 Å². The molecule has 1 fully saturated rings. The van der Waals surface area contributed by atoms with Crippen LogP contribution in [0.15, 0.2) is 48.5 Å². The zero-order valence-corrected chi connectivity index (χ0v) is 18.0. The molecule has 1 aliphatic rings. The van der Waals surface area contributed by atoms with Crippen molar-refractivity contribution in [3.63, 3.8) is 0 Å². The molecule has 2 amide bonds. The van der Waals surface area contributed by atoms with Crippen LogP contribution >= 0.6 is 11.6 Å². The lowest BCUT2D eigenvalue weighted by atomic mass is 9.95. The van der Waals surface area contributed by atoms with Crippen LogP contribution in [0.5, 0.6) is 0 Å². The van der Waals surface area contributed by atoms with Crippen LogP contribution in [0.4, 0.5) is 5.69 Å². The Morgan fingerprint density at radius 3 is 2.34 bits per heavy atom. The summed E-state index contributed by atoms with van der Waals surface area (Å²) in [6.07, 6.45) is 0. The molecule has 1 heterocycles. The topological polar surface area (TPSA) is 52.7 Å². The fourth-order valence-corrected chi connectivity index (χ4v) is 3.45. The number of carbonyl (C=O) groups is 2. The molecule has 1 aliphatic heterocycles. The molecule has 0 aromatic heterocycles. The highest BCUT2D eigenvalue weighted by Crippen LogP contribution is 2.20. The highest BCUT2D eigenvalue weighted by atomic mass is 35.5. The molecule has 0 atom stereocenters. The largest absolute Gasteiger partial charge is 0.336 e. The van der Waals surface area contributed by atoms with Gasteiger partial charge in [0.15, 0.2) is 0 Å². The van der Waals surface area contributed by atoms with E-state index in [1.807, 2.05) is 49.9 Å². The number of benzene rings is 2. The van der Waals surface area contributed by atoms with E-state index in [4.69, 9.17) is 11.6 Å². The van der Waals surface area contributed by atoms with Gasteiger partial charge in [0.05, 0.1) is 0 Å². The third-order valence-corrected chi connectivity index (χ3v) is 5.24. The van der Waals surface area contributed by atoms with Crippen LogP contribution in [0.1, 0.15) is 36.7 Å². The molecule has 1 N–H and O–H groups in total. The number of piperazine rings is 1.